The van der Waals surface area contributed by atoms with Gasteiger partial charge in [0.25, 0.3) is 0 Å². The number of carbonyl (C=O) groups excluding carboxylic acids is 3. The predicted molar refractivity (Wildman–Crippen MR) is 72.6 cm³/mol. The van der Waals surface area contributed by atoms with E-state index in [1.165, 1.54) is 4.90 Å². The Balaban J connectivity index is 2.05. The first-order valence-corrected chi connectivity index (χ1v) is 7.00. The third-order valence-electron chi connectivity index (χ3n) is 3.91. The zero-order valence-corrected chi connectivity index (χ0v) is 11.6. The molecule has 1 heterocycles. The lowest BCUT2D eigenvalue weighted by Crippen LogP contribution is -2.32. The van der Waals surface area contributed by atoms with Crippen molar-refractivity contribution in [1.29, 1.82) is 0 Å². The van der Waals surface area contributed by atoms with Gasteiger partial charge in [-0.15, -0.1) is 0 Å². The average Bonchev–Trinajstić information content (AvgIpc) is 2.66. The topological polar surface area (TPSA) is 105 Å². The van der Waals surface area contributed by atoms with Crippen molar-refractivity contribution in [2.45, 2.75) is 39.0 Å². The molecule has 4 amide bonds. The fraction of sp³-hybridized carbons (Fsp3) is 0.692. The normalized spacial score (nSPS) is 27.9. The summed E-state index contributed by atoms with van der Waals surface area (Å²) in [7, 11) is 0. The monoisotopic (exact) mass is 280 g/mol. The Morgan fingerprint density at radius 3 is 2.75 bits per heavy atom. The molecule has 1 saturated heterocycles. The molecule has 0 bridgehead atoms. The van der Waals surface area contributed by atoms with Crippen molar-refractivity contribution in [1.82, 2.24) is 10.3 Å². The van der Waals surface area contributed by atoms with Gasteiger partial charge in [0.05, 0.1) is 11.8 Å². The molecule has 20 heavy (non-hydrogen) atoms. The summed E-state index contributed by atoms with van der Waals surface area (Å²) in [5, 5.41) is 3.90. The quantitative estimate of drug-likeness (QED) is 0.581. The number of rotatable bonds is 4. The van der Waals surface area contributed by atoms with Crippen LogP contribution in [0.3, 0.4) is 0 Å². The highest BCUT2D eigenvalue weighted by atomic mass is 16.2. The van der Waals surface area contributed by atoms with Crippen LogP contribution in [0, 0.1) is 11.8 Å². The number of unbranched alkanes of at least 4 members (excludes halogenated alkanes) is 1. The van der Waals surface area contributed by atoms with Crippen LogP contribution in [0.5, 0.6) is 0 Å². The van der Waals surface area contributed by atoms with Gasteiger partial charge in [0.2, 0.25) is 11.8 Å². The van der Waals surface area contributed by atoms with E-state index in [0.29, 0.717) is 25.8 Å². The van der Waals surface area contributed by atoms with E-state index in [-0.39, 0.29) is 23.7 Å². The van der Waals surface area contributed by atoms with E-state index in [4.69, 9.17) is 5.73 Å². The van der Waals surface area contributed by atoms with Gasteiger partial charge in [0.1, 0.15) is 0 Å². The lowest BCUT2D eigenvalue weighted by atomic mass is 9.80. The second-order valence-corrected chi connectivity index (χ2v) is 5.29. The molecule has 0 aromatic rings. The lowest BCUT2D eigenvalue weighted by molar-refractivity contribution is -0.139. The van der Waals surface area contributed by atoms with E-state index in [1.807, 2.05) is 6.92 Å². The minimum absolute atomic E-state index is 0.0460. The molecule has 1 aliphatic heterocycles. The molecule has 7 heteroatoms. The summed E-state index contributed by atoms with van der Waals surface area (Å²) in [5.41, 5.74) is 7.87. The number of primary amides is 1. The third-order valence-corrected chi connectivity index (χ3v) is 3.91. The number of hydrogen-bond donors (Lipinski definition) is 2. The highest BCUT2D eigenvalue weighted by Gasteiger charge is 2.49. The number of nitrogens with one attached hydrogen (secondary N) is 1. The van der Waals surface area contributed by atoms with Gasteiger partial charge < -0.3 is 5.73 Å². The Bertz CT molecular complexity index is 461. The summed E-state index contributed by atoms with van der Waals surface area (Å²) >= 11 is 0. The Morgan fingerprint density at radius 1 is 1.40 bits per heavy atom. The number of hydrazone groups is 1. The summed E-state index contributed by atoms with van der Waals surface area (Å²) in [4.78, 5) is 36.5. The van der Waals surface area contributed by atoms with Crippen LogP contribution in [-0.2, 0) is 9.59 Å². The van der Waals surface area contributed by atoms with Crippen LogP contribution in [-0.4, -0.2) is 35.0 Å². The van der Waals surface area contributed by atoms with Crippen LogP contribution < -0.4 is 11.2 Å². The first kappa shape index (κ1) is 14.5. The van der Waals surface area contributed by atoms with Crippen LogP contribution in [0.15, 0.2) is 5.10 Å². The molecule has 0 aromatic heterocycles. The van der Waals surface area contributed by atoms with Crippen molar-refractivity contribution in [2.75, 3.05) is 6.54 Å². The molecule has 0 spiro atoms. The van der Waals surface area contributed by atoms with E-state index < -0.39 is 6.03 Å². The number of urea groups is 1. The number of hydrogen-bond acceptors (Lipinski definition) is 4. The first-order valence-electron chi connectivity index (χ1n) is 7.00. The van der Waals surface area contributed by atoms with Gasteiger partial charge in [-0.1, -0.05) is 13.3 Å². The molecular formula is C13H20N4O3. The maximum atomic E-state index is 12.3. The number of nitrogens with two attached hydrogens (primary N) is 1. The number of amides is 4. The number of nitrogens with zero attached hydrogens (tertiary/aromatic N) is 2. The fourth-order valence-corrected chi connectivity index (χ4v) is 2.86. The van der Waals surface area contributed by atoms with Gasteiger partial charge in [0.15, 0.2) is 0 Å². The SMILES string of the molecule is CCCCN1C(=O)[C@H]2C/C(=N/NC(N)=O)CC[C@H]2C1=O. The number of imide groups is 1. The van der Waals surface area contributed by atoms with E-state index in [1.54, 1.807) is 0 Å². The van der Waals surface area contributed by atoms with Gasteiger partial charge in [-0.25, -0.2) is 10.2 Å². The minimum atomic E-state index is -0.724. The van der Waals surface area contributed by atoms with E-state index in [0.717, 1.165) is 18.6 Å². The standard InChI is InChI=1S/C13H20N4O3/c1-2-3-6-17-11(18)9-5-4-8(15-16-13(14)20)7-10(9)12(17)19/h9-10H,2-7H2,1H3,(H3,14,16,20)/b15-8+/t9-,10+/m1/s1. The van der Waals surface area contributed by atoms with Crippen LogP contribution in [0.2, 0.25) is 0 Å². The Labute approximate surface area is 117 Å². The van der Waals surface area contributed by atoms with Gasteiger partial charge in [-0.2, -0.15) is 5.10 Å². The predicted octanol–water partition coefficient (Wildman–Crippen LogP) is 0.596. The van der Waals surface area contributed by atoms with Crippen molar-refractivity contribution in [3.05, 3.63) is 0 Å². The smallest absolute Gasteiger partial charge is 0.332 e. The summed E-state index contributed by atoms with van der Waals surface area (Å²) < 4.78 is 0. The van der Waals surface area contributed by atoms with Crippen LogP contribution >= 0.6 is 0 Å². The van der Waals surface area contributed by atoms with E-state index >= 15 is 0 Å². The Morgan fingerprint density at radius 2 is 2.10 bits per heavy atom. The minimum Gasteiger partial charge on any atom is -0.350 e. The van der Waals surface area contributed by atoms with Crippen molar-refractivity contribution in [3.8, 4) is 0 Å². The highest BCUT2D eigenvalue weighted by molar-refractivity contribution is 6.08. The average molecular weight is 280 g/mol. The summed E-state index contributed by atoms with van der Waals surface area (Å²) in [5.74, 6) is -0.677. The summed E-state index contributed by atoms with van der Waals surface area (Å²) in [6.45, 7) is 2.53. The molecule has 2 fully saturated rings. The summed E-state index contributed by atoms with van der Waals surface area (Å²) in [6, 6.07) is -0.724. The van der Waals surface area contributed by atoms with Gasteiger partial charge in [-0.3, -0.25) is 14.5 Å². The van der Waals surface area contributed by atoms with Crippen LogP contribution in [0.1, 0.15) is 39.0 Å². The van der Waals surface area contributed by atoms with Gasteiger partial charge in [0, 0.05) is 12.3 Å². The number of carbonyl (C=O) groups is 3. The lowest BCUT2D eigenvalue weighted by Gasteiger charge is -2.21. The largest absolute Gasteiger partial charge is 0.350 e. The molecule has 1 aliphatic carbocycles. The van der Waals surface area contributed by atoms with Gasteiger partial charge >= 0.3 is 6.03 Å². The second kappa shape index (κ2) is 6.02. The van der Waals surface area contributed by atoms with Crippen molar-refractivity contribution < 1.29 is 14.4 Å². The van der Waals surface area contributed by atoms with Crippen LogP contribution in [0.25, 0.3) is 0 Å². The molecule has 0 aromatic carbocycles. The van der Waals surface area contributed by atoms with Crippen molar-refractivity contribution >= 4 is 23.6 Å². The van der Waals surface area contributed by atoms with E-state index in [9.17, 15) is 14.4 Å². The number of likely N-dealkylation sites (tertiary alicyclic amines) is 1. The Hall–Kier alpha value is -1.92. The highest BCUT2D eigenvalue weighted by Crippen LogP contribution is 2.37. The molecule has 0 radical (unpaired) electrons. The molecular weight excluding hydrogens is 260 g/mol. The maximum Gasteiger partial charge on any atom is 0.332 e. The van der Waals surface area contributed by atoms with Crippen molar-refractivity contribution in [3.63, 3.8) is 0 Å². The number of fused-ring (bicyclic) bond motifs is 1. The Kier molecular flexibility index (Phi) is 4.36. The fourth-order valence-electron chi connectivity index (χ4n) is 2.86. The van der Waals surface area contributed by atoms with Gasteiger partial charge in [-0.05, 0) is 25.7 Å². The third kappa shape index (κ3) is 2.81. The van der Waals surface area contributed by atoms with Crippen LogP contribution in [0.4, 0.5) is 4.79 Å². The molecule has 110 valence electrons. The molecule has 2 rings (SSSR count). The molecule has 1 saturated carbocycles. The van der Waals surface area contributed by atoms with E-state index in [2.05, 4.69) is 10.5 Å². The molecule has 3 N–H and O–H groups in total. The zero-order valence-electron chi connectivity index (χ0n) is 11.6. The van der Waals surface area contributed by atoms with Crippen molar-refractivity contribution in [2.24, 2.45) is 22.7 Å². The summed E-state index contributed by atoms with van der Waals surface area (Å²) in [6.07, 6.45) is 3.43. The molecule has 2 atom stereocenters. The first-order chi connectivity index (χ1) is 9.54. The molecule has 0 unspecified atom stereocenters. The molecule has 7 nitrogen and oxygen atoms in total. The second-order valence-electron chi connectivity index (χ2n) is 5.29. The zero-order chi connectivity index (χ0) is 14.7. The maximum absolute atomic E-state index is 12.3. The molecule has 2 aliphatic rings.